The minimum atomic E-state index is -0.270. The van der Waals surface area contributed by atoms with Gasteiger partial charge in [-0.2, -0.15) is 0 Å². The van der Waals surface area contributed by atoms with Crippen LogP contribution in [0.1, 0.15) is 17.3 Å². The molecule has 0 saturated carbocycles. The number of pyridine rings is 1. The van der Waals surface area contributed by atoms with Crippen molar-refractivity contribution in [2.24, 2.45) is 5.84 Å². The highest BCUT2D eigenvalue weighted by atomic mass is 35.5. The zero-order valence-electron chi connectivity index (χ0n) is 9.64. The fourth-order valence-corrected chi connectivity index (χ4v) is 1.41. The van der Waals surface area contributed by atoms with Crippen molar-refractivity contribution in [2.75, 3.05) is 19.1 Å². The molecule has 1 atom stereocenters. The molecule has 1 heterocycles. The Kier molecular flexibility index (Phi) is 4.68. The van der Waals surface area contributed by atoms with Crippen LogP contribution in [0.3, 0.4) is 0 Å². The lowest BCUT2D eigenvalue weighted by atomic mass is 10.2. The van der Waals surface area contributed by atoms with Crippen LogP contribution in [0.25, 0.3) is 0 Å². The molecule has 94 valence electrons. The number of anilines is 1. The van der Waals surface area contributed by atoms with Crippen molar-refractivity contribution in [1.82, 2.24) is 9.88 Å². The number of carbonyl (C=O) groups excluding carboxylic acids is 1. The molecule has 1 aromatic rings. The maximum atomic E-state index is 12.0. The predicted molar refractivity (Wildman–Crippen MR) is 65.7 cm³/mol. The molecule has 4 N–H and O–H groups in total. The van der Waals surface area contributed by atoms with E-state index in [-0.39, 0.29) is 23.6 Å². The summed E-state index contributed by atoms with van der Waals surface area (Å²) < 4.78 is 0. The van der Waals surface area contributed by atoms with E-state index < -0.39 is 0 Å². The number of aliphatic hydroxyl groups excluding tert-OH is 1. The van der Waals surface area contributed by atoms with Gasteiger partial charge in [0.25, 0.3) is 5.91 Å². The molecule has 0 aromatic carbocycles. The van der Waals surface area contributed by atoms with Gasteiger partial charge in [0.1, 0.15) is 0 Å². The van der Waals surface area contributed by atoms with E-state index in [4.69, 9.17) is 22.6 Å². The van der Waals surface area contributed by atoms with Crippen LogP contribution >= 0.6 is 11.6 Å². The number of aromatic nitrogens is 1. The molecule has 0 radical (unpaired) electrons. The minimum absolute atomic E-state index is 0.105. The van der Waals surface area contributed by atoms with Crippen molar-refractivity contribution in [3.05, 3.63) is 22.8 Å². The molecule has 0 aliphatic rings. The number of likely N-dealkylation sites (N-methyl/N-ethyl adjacent to an activating group) is 1. The first-order chi connectivity index (χ1) is 8.01. The standard InChI is InChI=1S/C10H15ClN4O2/c1-6(5-16)15(2)10(17)7-3-8(11)9(14-12)13-4-7/h3-4,6,16H,5,12H2,1-2H3,(H,13,14). The smallest absolute Gasteiger partial charge is 0.255 e. The van der Waals surface area contributed by atoms with Gasteiger partial charge in [0, 0.05) is 13.2 Å². The van der Waals surface area contributed by atoms with E-state index in [9.17, 15) is 4.79 Å². The molecule has 7 heteroatoms. The molecule has 0 saturated heterocycles. The van der Waals surface area contributed by atoms with Crippen molar-refractivity contribution in [3.63, 3.8) is 0 Å². The third-order valence-corrected chi connectivity index (χ3v) is 2.76. The number of nitrogens with two attached hydrogens (primary N) is 1. The third kappa shape index (κ3) is 3.06. The number of nitrogens with zero attached hydrogens (tertiary/aromatic N) is 2. The van der Waals surface area contributed by atoms with Crippen molar-refractivity contribution >= 4 is 23.3 Å². The van der Waals surface area contributed by atoms with Crippen molar-refractivity contribution in [1.29, 1.82) is 0 Å². The van der Waals surface area contributed by atoms with Gasteiger partial charge in [-0.15, -0.1) is 0 Å². The largest absolute Gasteiger partial charge is 0.394 e. The maximum absolute atomic E-state index is 12.0. The zero-order valence-corrected chi connectivity index (χ0v) is 10.4. The average molecular weight is 259 g/mol. The highest BCUT2D eigenvalue weighted by Crippen LogP contribution is 2.19. The van der Waals surface area contributed by atoms with Crippen LogP contribution in [0.15, 0.2) is 12.3 Å². The second-order valence-corrected chi connectivity index (χ2v) is 4.05. The van der Waals surface area contributed by atoms with E-state index in [0.717, 1.165) is 0 Å². The summed E-state index contributed by atoms with van der Waals surface area (Å²) in [6, 6.07) is 1.21. The Bertz CT molecular complexity index is 413. The number of carbonyl (C=O) groups is 1. The van der Waals surface area contributed by atoms with Gasteiger partial charge in [-0.3, -0.25) is 4.79 Å². The van der Waals surface area contributed by atoms with Gasteiger partial charge in [0.15, 0.2) is 5.82 Å². The van der Waals surface area contributed by atoms with Crippen LogP contribution in [-0.2, 0) is 0 Å². The molecular weight excluding hydrogens is 244 g/mol. The lowest BCUT2D eigenvalue weighted by molar-refractivity contribution is 0.0682. The normalized spacial score (nSPS) is 12.1. The summed E-state index contributed by atoms with van der Waals surface area (Å²) in [7, 11) is 1.60. The predicted octanol–water partition coefficient (Wildman–Crippen LogP) is 0.473. The second kappa shape index (κ2) is 5.81. The van der Waals surface area contributed by atoms with Gasteiger partial charge in [0.05, 0.1) is 23.2 Å². The Balaban J connectivity index is 2.93. The van der Waals surface area contributed by atoms with Crippen LogP contribution in [0.5, 0.6) is 0 Å². The van der Waals surface area contributed by atoms with Crippen LogP contribution < -0.4 is 11.3 Å². The molecule has 0 spiro atoms. The maximum Gasteiger partial charge on any atom is 0.255 e. The summed E-state index contributed by atoms with van der Waals surface area (Å²) in [5, 5.41) is 9.24. The van der Waals surface area contributed by atoms with E-state index >= 15 is 0 Å². The Morgan fingerprint density at radius 2 is 2.41 bits per heavy atom. The molecule has 1 amide bonds. The highest BCUT2D eigenvalue weighted by Gasteiger charge is 2.18. The quantitative estimate of drug-likeness (QED) is 0.540. The highest BCUT2D eigenvalue weighted by molar-refractivity contribution is 6.33. The Morgan fingerprint density at radius 1 is 1.76 bits per heavy atom. The zero-order chi connectivity index (χ0) is 13.0. The molecule has 6 nitrogen and oxygen atoms in total. The molecule has 0 bridgehead atoms. The Hall–Kier alpha value is -1.37. The minimum Gasteiger partial charge on any atom is -0.394 e. The first kappa shape index (κ1) is 13.7. The molecule has 0 fully saturated rings. The molecule has 0 aliphatic heterocycles. The number of hydrazine groups is 1. The van der Waals surface area contributed by atoms with Crippen molar-refractivity contribution in [3.8, 4) is 0 Å². The summed E-state index contributed by atoms with van der Waals surface area (Å²) >= 11 is 5.87. The van der Waals surface area contributed by atoms with Gasteiger partial charge in [-0.25, -0.2) is 10.8 Å². The summed E-state index contributed by atoms with van der Waals surface area (Å²) in [6.07, 6.45) is 1.38. The summed E-state index contributed by atoms with van der Waals surface area (Å²) in [5.41, 5.74) is 2.66. The van der Waals surface area contributed by atoms with E-state index in [1.54, 1.807) is 14.0 Å². The Labute approximate surface area is 104 Å². The molecule has 0 aliphatic carbocycles. The second-order valence-electron chi connectivity index (χ2n) is 3.65. The number of nitrogen functional groups attached to an aromatic ring is 1. The van der Waals surface area contributed by atoms with E-state index in [1.165, 1.54) is 17.2 Å². The fraction of sp³-hybridized carbons (Fsp3) is 0.400. The topological polar surface area (TPSA) is 91.5 Å². The first-order valence-corrected chi connectivity index (χ1v) is 5.39. The van der Waals surface area contributed by atoms with Gasteiger partial charge in [0.2, 0.25) is 0 Å². The number of halogens is 1. The van der Waals surface area contributed by atoms with Gasteiger partial charge >= 0.3 is 0 Å². The molecule has 1 aromatic heterocycles. The monoisotopic (exact) mass is 258 g/mol. The van der Waals surface area contributed by atoms with Crippen molar-refractivity contribution in [2.45, 2.75) is 13.0 Å². The van der Waals surface area contributed by atoms with Crippen LogP contribution in [-0.4, -0.2) is 40.6 Å². The first-order valence-electron chi connectivity index (χ1n) is 5.01. The lowest BCUT2D eigenvalue weighted by Gasteiger charge is -2.23. The fourth-order valence-electron chi connectivity index (χ4n) is 1.19. The summed E-state index contributed by atoms with van der Waals surface area (Å²) in [6.45, 7) is 1.63. The number of nitrogens with one attached hydrogen (secondary N) is 1. The van der Waals surface area contributed by atoms with Crippen LogP contribution in [0, 0.1) is 0 Å². The van der Waals surface area contributed by atoms with Crippen molar-refractivity contribution < 1.29 is 9.90 Å². The van der Waals surface area contributed by atoms with Gasteiger partial charge < -0.3 is 15.4 Å². The summed E-state index contributed by atoms with van der Waals surface area (Å²) in [4.78, 5) is 17.3. The van der Waals surface area contributed by atoms with Crippen LogP contribution in [0.2, 0.25) is 5.02 Å². The number of hydrogen-bond acceptors (Lipinski definition) is 5. The third-order valence-electron chi connectivity index (χ3n) is 2.47. The van der Waals surface area contributed by atoms with E-state index in [0.29, 0.717) is 11.4 Å². The van der Waals surface area contributed by atoms with E-state index in [1.807, 2.05) is 0 Å². The van der Waals surface area contributed by atoms with Gasteiger partial charge in [-0.1, -0.05) is 11.6 Å². The number of amides is 1. The molecule has 17 heavy (non-hydrogen) atoms. The number of rotatable bonds is 4. The number of aliphatic hydroxyl groups is 1. The SMILES string of the molecule is CC(CO)N(C)C(=O)c1cnc(NN)c(Cl)c1. The lowest BCUT2D eigenvalue weighted by Crippen LogP contribution is -2.37. The molecule has 1 unspecified atom stereocenters. The molecular formula is C10H15ClN4O2. The summed E-state index contributed by atoms with van der Waals surface area (Å²) in [5.74, 6) is 5.23. The Morgan fingerprint density at radius 3 is 2.88 bits per heavy atom. The van der Waals surface area contributed by atoms with Crippen LogP contribution in [0.4, 0.5) is 5.82 Å². The number of hydrogen-bond donors (Lipinski definition) is 3. The average Bonchev–Trinajstić information content (AvgIpc) is 2.35. The van der Waals surface area contributed by atoms with E-state index in [2.05, 4.69) is 10.4 Å². The van der Waals surface area contributed by atoms with Gasteiger partial charge in [-0.05, 0) is 13.0 Å². The molecule has 1 rings (SSSR count).